The second kappa shape index (κ2) is 4.64. The van der Waals surface area contributed by atoms with Crippen LogP contribution in [0.25, 0.3) is 0 Å². The standard InChI is InChI=1S/C16H22N2O/c1-16(2)8-14(16)10-18-15(19)12-4-3-11-5-6-17-9-13(11)7-12/h3-4,7,14,17H,5-6,8-10H2,1-2H3,(H,18,19). The van der Waals surface area contributed by atoms with Gasteiger partial charge in [-0.25, -0.2) is 0 Å². The molecule has 0 radical (unpaired) electrons. The molecule has 2 aliphatic rings. The summed E-state index contributed by atoms with van der Waals surface area (Å²) < 4.78 is 0. The summed E-state index contributed by atoms with van der Waals surface area (Å²) in [7, 11) is 0. The van der Waals surface area contributed by atoms with Crippen molar-refractivity contribution in [3.8, 4) is 0 Å². The second-order valence-corrected chi connectivity index (χ2v) is 6.51. The van der Waals surface area contributed by atoms with Crippen molar-refractivity contribution in [2.45, 2.75) is 33.2 Å². The van der Waals surface area contributed by atoms with Gasteiger partial charge in [0, 0.05) is 18.7 Å². The highest BCUT2D eigenvalue weighted by Crippen LogP contribution is 2.50. The summed E-state index contributed by atoms with van der Waals surface area (Å²) in [5, 5.41) is 6.41. The van der Waals surface area contributed by atoms with Crippen molar-refractivity contribution in [2.75, 3.05) is 13.1 Å². The Bertz CT molecular complexity index is 507. The van der Waals surface area contributed by atoms with Crippen molar-refractivity contribution in [3.05, 3.63) is 34.9 Å². The second-order valence-electron chi connectivity index (χ2n) is 6.51. The summed E-state index contributed by atoms with van der Waals surface area (Å²) >= 11 is 0. The summed E-state index contributed by atoms with van der Waals surface area (Å²) in [4.78, 5) is 12.1. The first kappa shape index (κ1) is 12.7. The Hall–Kier alpha value is -1.35. The van der Waals surface area contributed by atoms with E-state index in [9.17, 15) is 4.79 Å². The molecule has 3 rings (SSSR count). The number of benzene rings is 1. The topological polar surface area (TPSA) is 41.1 Å². The Kier molecular flexibility index (Phi) is 3.09. The molecule has 1 amide bonds. The molecule has 19 heavy (non-hydrogen) atoms. The van der Waals surface area contributed by atoms with Crippen LogP contribution in [0.4, 0.5) is 0 Å². The number of hydrogen-bond acceptors (Lipinski definition) is 2. The highest BCUT2D eigenvalue weighted by molar-refractivity contribution is 5.94. The lowest BCUT2D eigenvalue weighted by atomic mass is 9.98. The maximum absolute atomic E-state index is 12.1. The molecule has 0 bridgehead atoms. The van der Waals surface area contributed by atoms with Gasteiger partial charge in [-0.2, -0.15) is 0 Å². The highest BCUT2D eigenvalue weighted by Gasteiger charge is 2.45. The van der Waals surface area contributed by atoms with E-state index in [-0.39, 0.29) is 5.91 Å². The van der Waals surface area contributed by atoms with Crippen LogP contribution in [0.5, 0.6) is 0 Å². The molecular formula is C16H22N2O. The summed E-state index contributed by atoms with van der Waals surface area (Å²) in [6, 6.07) is 6.10. The minimum absolute atomic E-state index is 0.0658. The molecule has 3 heteroatoms. The van der Waals surface area contributed by atoms with E-state index in [4.69, 9.17) is 0 Å². The molecule has 1 saturated carbocycles. The minimum atomic E-state index is 0.0658. The van der Waals surface area contributed by atoms with Gasteiger partial charge in [-0.1, -0.05) is 19.9 Å². The number of fused-ring (bicyclic) bond motifs is 1. The van der Waals surface area contributed by atoms with Crippen molar-refractivity contribution in [2.24, 2.45) is 11.3 Å². The van der Waals surface area contributed by atoms with E-state index in [1.54, 1.807) is 0 Å². The Balaban J connectivity index is 1.63. The number of carbonyl (C=O) groups excluding carboxylic acids is 1. The Morgan fingerprint density at radius 3 is 2.95 bits per heavy atom. The average molecular weight is 258 g/mol. The molecule has 0 saturated heterocycles. The molecule has 1 atom stereocenters. The van der Waals surface area contributed by atoms with Crippen LogP contribution >= 0.6 is 0 Å². The SMILES string of the molecule is CC1(C)CC1CNC(=O)c1ccc2c(c1)CNCC2. The van der Waals surface area contributed by atoms with Crippen molar-refractivity contribution in [1.82, 2.24) is 10.6 Å². The molecule has 1 heterocycles. The molecule has 0 aromatic heterocycles. The van der Waals surface area contributed by atoms with Crippen LogP contribution in [0.15, 0.2) is 18.2 Å². The Morgan fingerprint density at radius 1 is 1.42 bits per heavy atom. The Morgan fingerprint density at radius 2 is 2.21 bits per heavy atom. The van der Waals surface area contributed by atoms with Gasteiger partial charge in [0.15, 0.2) is 0 Å². The summed E-state index contributed by atoms with van der Waals surface area (Å²) in [6.07, 6.45) is 2.29. The predicted molar refractivity (Wildman–Crippen MR) is 76.1 cm³/mol. The molecule has 1 aromatic rings. The summed E-state index contributed by atoms with van der Waals surface area (Å²) in [5.74, 6) is 0.715. The third kappa shape index (κ3) is 2.66. The summed E-state index contributed by atoms with van der Waals surface area (Å²) in [5.41, 5.74) is 3.86. The highest BCUT2D eigenvalue weighted by atomic mass is 16.1. The van der Waals surface area contributed by atoms with E-state index < -0.39 is 0 Å². The first-order valence-corrected chi connectivity index (χ1v) is 7.17. The van der Waals surface area contributed by atoms with Crippen LogP contribution in [-0.4, -0.2) is 19.0 Å². The van der Waals surface area contributed by atoms with Gasteiger partial charge in [-0.3, -0.25) is 4.79 Å². The number of rotatable bonds is 3. The molecule has 1 aliphatic heterocycles. The molecule has 102 valence electrons. The van der Waals surface area contributed by atoms with Crippen molar-refractivity contribution in [1.29, 1.82) is 0 Å². The van der Waals surface area contributed by atoms with Crippen LogP contribution in [0, 0.1) is 11.3 Å². The Labute approximate surface area is 114 Å². The maximum atomic E-state index is 12.1. The predicted octanol–water partition coefficient (Wildman–Crippen LogP) is 2.11. The smallest absolute Gasteiger partial charge is 0.251 e. The van der Waals surface area contributed by atoms with Crippen LogP contribution < -0.4 is 10.6 Å². The maximum Gasteiger partial charge on any atom is 0.251 e. The third-order valence-corrected chi connectivity index (χ3v) is 4.58. The molecule has 1 unspecified atom stereocenters. The zero-order valence-electron chi connectivity index (χ0n) is 11.8. The van der Waals surface area contributed by atoms with Gasteiger partial charge in [-0.05, 0) is 54.0 Å². The first-order valence-electron chi connectivity index (χ1n) is 7.17. The van der Waals surface area contributed by atoms with Crippen LogP contribution in [0.2, 0.25) is 0 Å². The molecule has 3 nitrogen and oxygen atoms in total. The van der Waals surface area contributed by atoms with Gasteiger partial charge in [0.1, 0.15) is 0 Å². The lowest BCUT2D eigenvalue weighted by molar-refractivity contribution is 0.0950. The van der Waals surface area contributed by atoms with Crippen molar-refractivity contribution >= 4 is 5.91 Å². The normalized spacial score (nSPS) is 23.6. The quantitative estimate of drug-likeness (QED) is 0.872. The minimum Gasteiger partial charge on any atom is -0.352 e. The number of hydrogen-bond donors (Lipinski definition) is 2. The lowest BCUT2D eigenvalue weighted by Crippen LogP contribution is -2.28. The van der Waals surface area contributed by atoms with Crippen molar-refractivity contribution in [3.63, 3.8) is 0 Å². The average Bonchev–Trinajstić information content (AvgIpc) is 3.03. The fourth-order valence-electron chi connectivity index (χ4n) is 2.86. The van der Waals surface area contributed by atoms with Gasteiger partial charge in [0.05, 0.1) is 0 Å². The van der Waals surface area contributed by atoms with E-state index >= 15 is 0 Å². The molecular weight excluding hydrogens is 236 g/mol. The van der Waals surface area contributed by atoms with Gasteiger partial charge in [0.2, 0.25) is 0 Å². The van der Waals surface area contributed by atoms with Crippen LogP contribution in [0.3, 0.4) is 0 Å². The van der Waals surface area contributed by atoms with Gasteiger partial charge >= 0.3 is 0 Å². The molecule has 0 spiro atoms. The number of carbonyl (C=O) groups is 1. The van der Waals surface area contributed by atoms with Crippen molar-refractivity contribution < 1.29 is 4.79 Å². The van der Waals surface area contributed by atoms with Gasteiger partial charge in [0.25, 0.3) is 5.91 Å². The number of nitrogens with one attached hydrogen (secondary N) is 2. The largest absolute Gasteiger partial charge is 0.352 e. The van der Waals surface area contributed by atoms with Gasteiger partial charge < -0.3 is 10.6 Å². The fourth-order valence-corrected chi connectivity index (χ4v) is 2.86. The lowest BCUT2D eigenvalue weighted by Gasteiger charge is -2.17. The van der Waals surface area contributed by atoms with Crippen LogP contribution in [-0.2, 0) is 13.0 Å². The van der Waals surface area contributed by atoms with E-state index in [0.717, 1.165) is 31.6 Å². The molecule has 1 aromatic carbocycles. The molecule has 1 aliphatic carbocycles. The first-order chi connectivity index (χ1) is 9.06. The monoisotopic (exact) mass is 258 g/mol. The van der Waals surface area contributed by atoms with E-state index in [0.29, 0.717) is 11.3 Å². The summed E-state index contributed by atoms with van der Waals surface area (Å²) in [6.45, 7) is 7.24. The fraction of sp³-hybridized carbons (Fsp3) is 0.562. The van der Waals surface area contributed by atoms with E-state index in [1.165, 1.54) is 17.5 Å². The number of amides is 1. The zero-order valence-corrected chi connectivity index (χ0v) is 11.8. The molecule has 2 N–H and O–H groups in total. The molecule has 1 fully saturated rings. The van der Waals surface area contributed by atoms with Gasteiger partial charge in [-0.15, -0.1) is 0 Å². The van der Waals surface area contributed by atoms with E-state index in [2.05, 4.69) is 30.5 Å². The van der Waals surface area contributed by atoms with Crippen LogP contribution in [0.1, 0.15) is 41.8 Å². The zero-order chi connectivity index (χ0) is 13.5. The van der Waals surface area contributed by atoms with E-state index in [1.807, 2.05) is 12.1 Å². The third-order valence-electron chi connectivity index (χ3n) is 4.58.